The molecule has 2 aromatic rings. The summed E-state index contributed by atoms with van der Waals surface area (Å²) in [5.74, 6) is 1.24. The first-order valence-corrected chi connectivity index (χ1v) is 10.3. The number of benzene rings is 1. The average Bonchev–Trinajstić information content (AvgIpc) is 3.12. The van der Waals surface area contributed by atoms with Gasteiger partial charge in [-0.15, -0.1) is 0 Å². The van der Waals surface area contributed by atoms with E-state index in [1.165, 1.54) is 22.7 Å². The molecule has 1 fully saturated rings. The van der Waals surface area contributed by atoms with Gasteiger partial charge in [0.25, 0.3) is 0 Å². The molecule has 1 aliphatic heterocycles. The van der Waals surface area contributed by atoms with Gasteiger partial charge >= 0.3 is 0 Å². The zero-order valence-electron chi connectivity index (χ0n) is 15.7. The van der Waals surface area contributed by atoms with Crippen molar-refractivity contribution in [1.29, 1.82) is 0 Å². The molecule has 0 unspecified atom stereocenters. The lowest BCUT2D eigenvalue weighted by Gasteiger charge is -2.30. The fourth-order valence-electron chi connectivity index (χ4n) is 3.20. The van der Waals surface area contributed by atoms with Crippen LogP contribution in [0.3, 0.4) is 0 Å². The van der Waals surface area contributed by atoms with Crippen LogP contribution in [-0.4, -0.2) is 34.9 Å². The van der Waals surface area contributed by atoms with Crippen molar-refractivity contribution < 1.29 is 4.79 Å². The number of carbonyl (C=O) groups excluding carboxylic acids is 1. The lowest BCUT2D eigenvalue weighted by atomic mass is 9.96. The molecule has 0 bridgehead atoms. The van der Waals surface area contributed by atoms with Gasteiger partial charge in [0.1, 0.15) is 5.82 Å². The summed E-state index contributed by atoms with van der Waals surface area (Å²) in [5.41, 5.74) is 2.50. The van der Waals surface area contributed by atoms with Crippen LogP contribution in [-0.2, 0) is 11.2 Å². The number of nitrogens with one attached hydrogen (secondary N) is 1. The highest BCUT2D eigenvalue weighted by molar-refractivity contribution is 7.09. The van der Waals surface area contributed by atoms with Crippen molar-refractivity contribution in [3.8, 4) is 0 Å². The van der Waals surface area contributed by atoms with E-state index in [4.69, 9.17) is 4.98 Å². The van der Waals surface area contributed by atoms with Gasteiger partial charge in [0, 0.05) is 43.5 Å². The Balaban J connectivity index is 1.50. The molecule has 1 N–H and O–H groups in total. The van der Waals surface area contributed by atoms with Crippen LogP contribution in [0.25, 0.3) is 0 Å². The molecule has 1 saturated heterocycles. The molecule has 0 aliphatic carbocycles. The van der Waals surface area contributed by atoms with Gasteiger partial charge in [-0.3, -0.25) is 4.79 Å². The highest BCUT2D eigenvalue weighted by atomic mass is 32.1. The van der Waals surface area contributed by atoms with E-state index < -0.39 is 0 Å². The predicted octanol–water partition coefficient (Wildman–Crippen LogP) is 3.57. The third-order valence-corrected chi connectivity index (χ3v) is 5.72. The highest BCUT2D eigenvalue weighted by Crippen LogP contribution is 2.25. The number of unbranched alkanes of at least 4 members (excludes halogenated alkanes) is 1. The number of hydrogen-bond acceptors (Lipinski definition) is 5. The largest absolute Gasteiger partial charge is 0.356 e. The topological polar surface area (TPSA) is 58.1 Å². The van der Waals surface area contributed by atoms with Crippen LogP contribution < -0.4 is 10.2 Å². The molecule has 0 atom stereocenters. The van der Waals surface area contributed by atoms with Crippen molar-refractivity contribution in [2.45, 2.75) is 46.0 Å². The first-order valence-electron chi connectivity index (χ1n) is 9.56. The first kappa shape index (κ1) is 18.8. The van der Waals surface area contributed by atoms with Crippen LogP contribution in [0.5, 0.6) is 0 Å². The van der Waals surface area contributed by atoms with Crippen molar-refractivity contribution in [2.75, 3.05) is 24.5 Å². The predicted molar refractivity (Wildman–Crippen MR) is 107 cm³/mol. The summed E-state index contributed by atoms with van der Waals surface area (Å²) in [6.07, 6.45) is 4.72. The summed E-state index contributed by atoms with van der Waals surface area (Å²) in [6, 6.07) is 8.52. The minimum atomic E-state index is 0.142. The van der Waals surface area contributed by atoms with Crippen molar-refractivity contribution in [2.24, 2.45) is 5.92 Å². The van der Waals surface area contributed by atoms with Gasteiger partial charge in [-0.05, 0) is 31.7 Å². The van der Waals surface area contributed by atoms with Crippen LogP contribution in [0.15, 0.2) is 24.3 Å². The quantitative estimate of drug-likeness (QED) is 0.755. The number of rotatable bonds is 7. The molecule has 140 valence electrons. The summed E-state index contributed by atoms with van der Waals surface area (Å²) in [6.45, 7) is 6.79. The average molecular weight is 373 g/mol. The third-order valence-electron chi connectivity index (χ3n) is 4.91. The molecule has 1 aliphatic rings. The maximum atomic E-state index is 12.2. The molecule has 0 radical (unpaired) electrons. The second kappa shape index (κ2) is 9.12. The summed E-state index contributed by atoms with van der Waals surface area (Å²) in [7, 11) is 0. The van der Waals surface area contributed by atoms with Gasteiger partial charge in [-0.1, -0.05) is 43.2 Å². The number of carbonyl (C=O) groups is 1. The Labute approximate surface area is 160 Å². The maximum Gasteiger partial charge on any atom is 0.223 e. The van der Waals surface area contributed by atoms with Crippen LogP contribution >= 0.6 is 11.5 Å². The van der Waals surface area contributed by atoms with Gasteiger partial charge in [-0.25, -0.2) is 4.98 Å². The number of amides is 1. The standard InChI is InChI=1S/C20H28N4OS/c1-3-4-11-21-19(25)17-9-12-24(13-10-17)20-22-18(23-26-20)14-16-7-5-15(2)6-8-16/h5-8,17H,3-4,9-14H2,1-2H3,(H,21,25). The fourth-order valence-corrected chi connectivity index (χ4v) is 3.94. The smallest absolute Gasteiger partial charge is 0.223 e. The second-order valence-electron chi connectivity index (χ2n) is 7.06. The molecule has 1 amide bonds. The molecule has 26 heavy (non-hydrogen) atoms. The Bertz CT molecular complexity index is 705. The van der Waals surface area contributed by atoms with E-state index in [0.29, 0.717) is 0 Å². The highest BCUT2D eigenvalue weighted by Gasteiger charge is 2.26. The molecular formula is C20H28N4OS. The zero-order chi connectivity index (χ0) is 18.4. The summed E-state index contributed by atoms with van der Waals surface area (Å²) >= 11 is 1.47. The Hall–Kier alpha value is -1.95. The minimum absolute atomic E-state index is 0.142. The van der Waals surface area contributed by atoms with Crippen molar-refractivity contribution >= 4 is 22.6 Å². The van der Waals surface area contributed by atoms with E-state index in [1.807, 2.05) is 0 Å². The van der Waals surface area contributed by atoms with Crippen molar-refractivity contribution in [1.82, 2.24) is 14.7 Å². The maximum absolute atomic E-state index is 12.2. The van der Waals surface area contributed by atoms with Crippen LogP contribution in [0.4, 0.5) is 5.13 Å². The molecule has 3 rings (SSSR count). The number of aryl methyl sites for hydroxylation is 1. The Morgan fingerprint density at radius 2 is 2.00 bits per heavy atom. The van der Waals surface area contributed by atoms with E-state index in [0.717, 1.165) is 62.7 Å². The van der Waals surface area contributed by atoms with E-state index in [-0.39, 0.29) is 11.8 Å². The van der Waals surface area contributed by atoms with E-state index in [9.17, 15) is 4.79 Å². The number of anilines is 1. The molecule has 0 spiro atoms. The SMILES string of the molecule is CCCCNC(=O)C1CCN(c2nc(Cc3ccc(C)cc3)ns2)CC1. The third kappa shape index (κ3) is 5.04. The molecule has 2 heterocycles. The number of nitrogens with zero attached hydrogens (tertiary/aromatic N) is 3. The van der Waals surface area contributed by atoms with Crippen LogP contribution in [0.1, 0.15) is 49.6 Å². The van der Waals surface area contributed by atoms with Crippen LogP contribution in [0, 0.1) is 12.8 Å². The molecule has 1 aromatic heterocycles. The number of piperidine rings is 1. The number of hydrogen-bond donors (Lipinski definition) is 1. The van der Waals surface area contributed by atoms with Gasteiger partial charge in [-0.2, -0.15) is 4.37 Å². The zero-order valence-corrected chi connectivity index (χ0v) is 16.5. The summed E-state index contributed by atoms with van der Waals surface area (Å²) in [5, 5.41) is 4.04. The lowest BCUT2D eigenvalue weighted by molar-refractivity contribution is -0.125. The normalized spacial score (nSPS) is 15.2. The molecule has 1 aromatic carbocycles. The summed E-state index contributed by atoms with van der Waals surface area (Å²) in [4.78, 5) is 19.2. The molecule has 0 saturated carbocycles. The fraction of sp³-hybridized carbons (Fsp3) is 0.550. The van der Waals surface area contributed by atoms with E-state index >= 15 is 0 Å². The van der Waals surface area contributed by atoms with E-state index in [1.54, 1.807) is 0 Å². The van der Waals surface area contributed by atoms with Gasteiger partial charge in [0.2, 0.25) is 11.0 Å². The molecular weight excluding hydrogens is 344 g/mol. The first-order chi connectivity index (χ1) is 12.7. The Morgan fingerprint density at radius 3 is 2.69 bits per heavy atom. The van der Waals surface area contributed by atoms with Gasteiger partial charge in [0.15, 0.2) is 0 Å². The monoisotopic (exact) mass is 372 g/mol. The molecule has 5 nitrogen and oxygen atoms in total. The summed E-state index contributed by atoms with van der Waals surface area (Å²) < 4.78 is 4.52. The van der Waals surface area contributed by atoms with E-state index in [2.05, 4.69) is 52.7 Å². The second-order valence-corrected chi connectivity index (χ2v) is 7.79. The minimum Gasteiger partial charge on any atom is -0.356 e. The van der Waals surface area contributed by atoms with Gasteiger partial charge in [0.05, 0.1) is 0 Å². The number of aromatic nitrogens is 2. The van der Waals surface area contributed by atoms with Crippen molar-refractivity contribution in [3.05, 3.63) is 41.2 Å². The molecule has 6 heteroatoms. The Kier molecular flexibility index (Phi) is 6.61. The lowest BCUT2D eigenvalue weighted by Crippen LogP contribution is -2.40. The van der Waals surface area contributed by atoms with Crippen molar-refractivity contribution in [3.63, 3.8) is 0 Å². The Morgan fingerprint density at radius 1 is 1.27 bits per heavy atom. The van der Waals surface area contributed by atoms with Gasteiger partial charge < -0.3 is 10.2 Å². The van der Waals surface area contributed by atoms with Crippen LogP contribution in [0.2, 0.25) is 0 Å².